The summed E-state index contributed by atoms with van der Waals surface area (Å²) >= 11 is 6.29. The normalized spacial score (nSPS) is 11.3. The SMILES string of the molecule is COc1cccc(CNc2cnc(S(=O)(=O)Nc3nc(-c4ccc(F)c(Cl)c4)c(F)s3)c(-c3ccccc3)c2)c1O. The summed E-state index contributed by atoms with van der Waals surface area (Å²) in [5.41, 5.74) is 1.91. The summed E-state index contributed by atoms with van der Waals surface area (Å²) in [5.74, 6) is -0.367. The van der Waals surface area contributed by atoms with E-state index in [4.69, 9.17) is 16.3 Å². The third-order valence-electron chi connectivity index (χ3n) is 5.98. The summed E-state index contributed by atoms with van der Waals surface area (Å²) in [5, 5.41) is 12.0. The molecule has 0 aliphatic heterocycles. The molecule has 0 saturated carbocycles. The van der Waals surface area contributed by atoms with Gasteiger partial charge in [-0.1, -0.05) is 65.4 Å². The molecule has 3 N–H and O–H groups in total. The maximum Gasteiger partial charge on any atom is 0.281 e. The first kappa shape index (κ1) is 28.3. The van der Waals surface area contributed by atoms with Crippen LogP contribution >= 0.6 is 22.9 Å². The van der Waals surface area contributed by atoms with E-state index in [1.165, 1.54) is 25.4 Å². The number of aromatic hydroxyl groups is 1. The van der Waals surface area contributed by atoms with Gasteiger partial charge in [-0.25, -0.2) is 14.4 Å². The lowest BCUT2D eigenvalue weighted by atomic mass is 10.1. The second-order valence-corrected chi connectivity index (χ2v) is 11.6. The van der Waals surface area contributed by atoms with E-state index < -0.39 is 21.0 Å². The van der Waals surface area contributed by atoms with E-state index in [-0.39, 0.29) is 44.3 Å². The third kappa shape index (κ3) is 6.09. The molecule has 0 spiro atoms. The molecular weight excluding hydrogens is 594 g/mol. The van der Waals surface area contributed by atoms with Crippen molar-refractivity contribution >= 4 is 43.8 Å². The largest absolute Gasteiger partial charge is 0.504 e. The molecular formula is C28H21ClF2N4O4S2. The Morgan fingerprint density at radius 2 is 1.80 bits per heavy atom. The lowest BCUT2D eigenvalue weighted by Gasteiger charge is -2.14. The van der Waals surface area contributed by atoms with Gasteiger partial charge < -0.3 is 15.2 Å². The molecule has 41 heavy (non-hydrogen) atoms. The van der Waals surface area contributed by atoms with Crippen LogP contribution in [0.2, 0.25) is 5.02 Å². The molecule has 210 valence electrons. The standard InChI is InChI=1S/C28H21ClF2N4O4S2/c1-39-23-9-5-8-18(25(23)36)14-32-19-13-20(16-6-3-2-4-7-16)27(33-15-19)41(37,38)35-28-34-24(26(31)40-28)17-10-11-22(30)21(29)12-17/h2-13,15,32,36H,14H2,1H3,(H,34,35). The zero-order chi connectivity index (χ0) is 29.1. The van der Waals surface area contributed by atoms with Gasteiger partial charge in [0.1, 0.15) is 11.5 Å². The van der Waals surface area contributed by atoms with Gasteiger partial charge in [0.15, 0.2) is 21.7 Å². The van der Waals surface area contributed by atoms with E-state index in [0.717, 1.165) is 6.07 Å². The van der Waals surface area contributed by atoms with Crippen molar-refractivity contribution in [2.75, 3.05) is 17.1 Å². The van der Waals surface area contributed by atoms with Crippen LogP contribution in [0.3, 0.4) is 0 Å². The molecule has 0 fully saturated rings. The highest BCUT2D eigenvalue weighted by molar-refractivity contribution is 7.93. The zero-order valence-electron chi connectivity index (χ0n) is 21.2. The van der Waals surface area contributed by atoms with Crippen LogP contribution in [0.25, 0.3) is 22.4 Å². The van der Waals surface area contributed by atoms with Crippen molar-refractivity contribution in [1.82, 2.24) is 9.97 Å². The molecule has 0 bridgehead atoms. The van der Waals surface area contributed by atoms with Gasteiger partial charge in [0, 0.05) is 23.2 Å². The van der Waals surface area contributed by atoms with Crippen LogP contribution in [-0.2, 0) is 16.6 Å². The first-order valence-electron chi connectivity index (χ1n) is 11.9. The van der Waals surface area contributed by atoms with Gasteiger partial charge in [0.25, 0.3) is 10.0 Å². The number of sulfonamides is 1. The van der Waals surface area contributed by atoms with Crippen molar-refractivity contribution in [1.29, 1.82) is 0 Å². The minimum atomic E-state index is -4.34. The number of halogens is 3. The zero-order valence-corrected chi connectivity index (χ0v) is 23.6. The van der Waals surface area contributed by atoms with E-state index in [1.54, 1.807) is 54.6 Å². The van der Waals surface area contributed by atoms with Gasteiger partial charge in [-0.05, 0) is 35.9 Å². The number of pyridine rings is 1. The Labute approximate surface area is 243 Å². The van der Waals surface area contributed by atoms with Crippen LogP contribution in [0.15, 0.2) is 84.0 Å². The van der Waals surface area contributed by atoms with Gasteiger partial charge in [-0.15, -0.1) is 0 Å². The molecule has 5 rings (SSSR count). The molecule has 2 aromatic heterocycles. The molecule has 0 unspecified atom stereocenters. The summed E-state index contributed by atoms with van der Waals surface area (Å²) in [4.78, 5) is 8.29. The highest BCUT2D eigenvalue weighted by atomic mass is 35.5. The number of thiazole rings is 1. The number of phenolic OH excluding ortho intramolecular Hbond substituents is 1. The van der Waals surface area contributed by atoms with Crippen molar-refractivity contribution in [2.24, 2.45) is 0 Å². The van der Waals surface area contributed by atoms with Gasteiger partial charge in [0.2, 0.25) is 5.13 Å². The Balaban J connectivity index is 1.46. The summed E-state index contributed by atoms with van der Waals surface area (Å²) in [6.45, 7) is 0.206. The van der Waals surface area contributed by atoms with Gasteiger partial charge in [-0.3, -0.25) is 4.72 Å². The van der Waals surface area contributed by atoms with Crippen molar-refractivity contribution in [3.63, 3.8) is 0 Å². The lowest BCUT2D eigenvalue weighted by Crippen LogP contribution is -2.16. The second kappa shape index (κ2) is 11.7. The molecule has 0 atom stereocenters. The van der Waals surface area contributed by atoms with E-state index in [1.807, 2.05) is 0 Å². The fourth-order valence-corrected chi connectivity index (χ4v) is 6.26. The molecule has 0 aliphatic carbocycles. The summed E-state index contributed by atoms with van der Waals surface area (Å²) in [6, 6.07) is 19.0. The first-order chi connectivity index (χ1) is 19.7. The minimum Gasteiger partial charge on any atom is -0.504 e. The van der Waals surface area contributed by atoms with E-state index in [9.17, 15) is 22.3 Å². The fraction of sp³-hybridized carbons (Fsp3) is 0.0714. The molecule has 2 heterocycles. The third-order valence-corrected chi connectivity index (χ3v) is 8.45. The average molecular weight is 615 g/mol. The fourth-order valence-electron chi connectivity index (χ4n) is 3.99. The molecule has 5 aromatic rings. The molecule has 0 saturated heterocycles. The van der Waals surface area contributed by atoms with Crippen molar-refractivity contribution in [2.45, 2.75) is 11.6 Å². The Bertz CT molecular complexity index is 1840. The number of anilines is 2. The number of para-hydroxylation sites is 1. The number of methoxy groups -OCH3 is 1. The second-order valence-electron chi connectivity index (χ2n) is 8.64. The topological polar surface area (TPSA) is 113 Å². The predicted octanol–water partition coefficient (Wildman–Crippen LogP) is 6.93. The van der Waals surface area contributed by atoms with Crippen molar-refractivity contribution in [3.05, 3.63) is 101 Å². The number of hydrogen-bond acceptors (Lipinski definition) is 8. The Morgan fingerprint density at radius 1 is 1.02 bits per heavy atom. The summed E-state index contributed by atoms with van der Waals surface area (Å²) < 4.78 is 62.7. The van der Waals surface area contributed by atoms with Gasteiger partial charge in [0.05, 0.1) is 24.0 Å². The highest BCUT2D eigenvalue weighted by Crippen LogP contribution is 2.35. The number of phenols is 1. The van der Waals surface area contributed by atoms with E-state index in [2.05, 4.69) is 20.0 Å². The number of aromatic nitrogens is 2. The van der Waals surface area contributed by atoms with Crippen molar-refractivity contribution in [3.8, 4) is 33.9 Å². The smallest absolute Gasteiger partial charge is 0.281 e. The first-order valence-corrected chi connectivity index (χ1v) is 14.6. The van der Waals surface area contributed by atoms with Crippen LogP contribution in [-0.4, -0.2) is 30.6 Å². The molecule has 0 amide bonds. The van der Waals surface area contributed by atoms with Crippen LogP contribution in [0.5, 0.6) is 11.5 Å². The van der Waals surface area contributed by atoms with Crippen LogP contribution in [0.4, 0.5) is 19.6 Å². The van der Waals surface area contributed by atoms with E-state index in [0.29, 0.717) is 33.9 Å². The number of benzene rings is 3. The highest BCUT2D eigenvalue weighted by Gasteiger charge is 2.25. The van der Waals surface area contributed by atoms with Crippen LogP contribution < -0.4 is 14.8 Å². The minimum absolute atomic E-state index is 0.0138. The van der Waals surface area contributed by atoms with Crippen LogP contribution in [0.1, 0.15) is 5.56 Å². The van der Waals surface area contributed by atoms with Crippen molar-refractivity contribution < 1.29 is 27.0 Å². The molecule has 0 aliphatic rings. The number of nitrogens with one attached hydrogen (secondary N) is 2. The summed E-state index contributed by atoms with van der Waals surface area (Å²) in [7, 11) is -2.89. The Kier molecular flexibility index (Phi) is 8.06. The predicted molar refractivity (Wildman–Crippen MR) is 155 cm³/mol. The molecule has 8 nitrogen and oxygen atoms in total. The van der Waals surface area contributed by atoms with Gasteiger partial charge >= 0.3 is 0 Å². The monoisotopic (exact) mass is 614 g/mol. The number of ether oxygens (including phenoxy) is 1. The van der Waals surface area contributed by atoms with Crippen LogP contribution in [0, 0.1) is 10.9 Å². The average Bonchev–Trinajstić information content (AvgIpc) is 3.33. The lowest BCUT2D eigenvalue weighted by molar-refractivity contribution is 0.371. The number of rotatable bonds is 9. The Hall–Kier alpha value is -4.26. The molecule has 13 heteroatoms. The quantitative estimate of drug-likeness (QED) is 0.165. The van der Waals surface area contributed by atoms with Gasteiger partial charge in [-0.2, -0.15) is 12.8 Å². The number of nitrogens with zero attached hydrogens (tertiary/aromatic N) is 2. The van der Waals surface area contributed by atoms with E-state index >= 15 is 0 Å². The number of hydrogen-bond donors (Lipinski definition) is 3. The summed E-state index contributed by atoms with van der Waals surface area (Å²) in [6.07, 6.45) is 1.34. The maximum absolute atomic E-state index is 14.7. The molecule has 3 aromatic carbocycles. The Morgan fingerprint density at radius 3 is 2.54 bits per heavy atom. The maximum atomic E-state index is 14.7. The molecule has 0 radical (unpaired) electrons.